The molecule has 0 aromatic heterocycles. The molecule has 54 valence electrons. The van der Waals surface area contributed by atoms with E-state index in [1.807, 2.05) is 0 Å². The standard InChI is InChI=1S/C6H6O4/c1-10-6(9)5(8)3-2-4-7/h2-4H,1H3. The number of allylic oxidation sites excluding steroid dienone is 1. The summed E-state index contributed by atoms with van der Waals surface area (Å²) in [6.07, 6.45) is 2.18. The highest BCUT2D eigenvalue weighted by molar-refractivity contribution is 6.38. The highest BCUT2D eigenvalue weighted by Gasteiger charge is 2.07. The van der Waals surface area contributed by atoms with Gasteiger partial charge in [0.1, 0.15) is 6.29 Å². The normalized spacial score (nSPS) is 9.30. The lowest BCUT2D eigenvalue weighted by atomic mass is 10.3. The topological polar surface area (TPSA) is 60.4 Å². The van der Waals surface area contributed by atoms with Gasteiger partial charge < -0.3 is 4.74 Å². The third kappa shape index (κ3) is 2.76. The summed E-state index contributed by atoms with van der Waals surface area (Å²) in [7, 11) is 1.09. The maximum Gasteiger partial charge on any atom is 0.378 e. The fourth-order valence-corrected chi connectivity index (χ4v) is 0.295. The van der Waals surface area contributed by atoms with E-state index in [0.717, 1.165) is 19.3 Å². The van der Waals surface area contributed by atoms with E-state index in [-0.39, 0.29) is 0 Å². The van der Waals surface area contributed by atoms with Gasteiger partial charge >= 0.3 is 5.97 Å². The van der Waals surface area contributed by atoms with Crippen LogP contribution >= 0.6 is 0 Å². The zero-order valence-electron chi connectivity index (χ0n) is 5.37. The Kier molecular flexibility index (Phi) is 3.79. The van der Waals surface area contributed by atoms with E-state index < -0.39 is 11.8 Å². The molecule has 0 radical (unpaired) electrons. The van der Waals surface area contributed by atoms with Gasteiger partial charge in [-0.2, -0.15) is 0 Å². The van der Waals surface area contributed by atoms with Crippen LogP contribution in [0.1, 0.15) is 0 Å². The molecule has 0 saturated heterocycles. The van der Waals surface area contributed by atoms with Crippen molar-refractivity contribution in [3.63, 3.8) is 0 Å². The zero-order chi connectivity index (χ0) is 7.98. The summed E-state index contributed by atoms with van der Waals surface area (Å²) >= 11 is 0. The van der Waals surface area contributed by atoms with Gasteiger partial charge in [-0.05, 0) is 12.2 Å². The lowest BCUT2D eigenvalue weighted by molar-refractivity contribution is -0.149. The summed E-state index contributed by atoms with van der Waals surface area (Å²) in [5.41, 5.74) is 0. The van der Waals surface area contributed by atoms with Crippen LogP contribution in [0, 0.1) is 0 Å². The van der Waals surface area contributed by atoms with Gasteiger partial charge in [-0.25, -0.2) is 4.79 Å². The fourth-order valence-electron chi connectivity index (χ4n) is 0.295. The fraction of sp³-hybridized carbons (Fsp3) is 0.167. The predicted molar refractivity (Wildman–Crippen MR) is 32.2 cm³/mol. The molecule has 0 spiro atoms. The smallest absolute Gasteiger partial charge is 0.378 e. The SMILES string of the molecule is COC(=O)C(=O)C=CC=O. The van der Waals surface area contributed by atoms with Crippen molar-refractivity contribution in [3.8, 4) is 0 Å². The number of ether oxygens (including phenoxy) is 1. The molecule has 0 amide bonds. The Balaban J connectivity index is 3.97. The molecule has 0 aliphatic heterocycles. The Morgan fingerprint density at radius 2 is 2.00 bits per heavy atom. The molecule has 0 heterocycles. The summed E-state index contributed by atoms with van der Waals surface area (Å²) in [6, 6.07) is 0. The van der Waals surface area contributed by atoms with Gasteiger partial charge in [0.2, 0.25) is 0 Å². The van der Waals surface area contributed by atoms with Crippen LogP contribution in [0.4, 0.5) is 0 Å². The van der Waals surface area contributed by atoms with Crippen molar-refractivity contribution in [1.29, 1.82) is 0 Å². The second kappa shape index (κ2) is 4.43. The van der Waals surface area contributed by atoms with E-state index in [1.165, 1.54) is 0 Å². The maximum absolute atomic E-state index is 10.4. The summed E-state index contributed by atoms with van der Waals surface area (Å²) in [5, 5.41) is 0. The molecule has 0 bridgehead atoms. The van der Waals surface area contributed by atoms with Crippen molar-refractivity contribution in [1.82, 2.24) is 0 Å². The summed E-state index contributed by atoms with van der Waals surface area (Å²) in [6.45, 7) is 0. The number of rotatable bonds is 3. The second-order valence-electron chi connectivity index (χ2n) is 1.35. The monoisotopic (exact) mass is 142 g/mol. The molecule has 0 unspecified atom stereocenters. The molecule has 0 aromatic carbocycles. The minimum atomic E-state index is -0.974. The van der Waals surface area contributed by atoms with Crippen molar-refractivity contribution < 1.29 is 19.1 Å². The number of hydrogen-bond donors (Lipinski definition) is 0. The highest BCUT2D eigenvalue weighted by Crippen LogP contribution is 1.79. The predicted octanol–water partition coefficient (Wildman–Crippen LogP) is -0.516. The zero-order valence-corrected chi connectivity index (χ0v) is 5.37. The Bertz CT molecular complexity index is 180. The molecule has 4 heteroatoms. The van der Waals surface area contributed by atoms with E-state index in [2.05, 4.69) is 4.74 Å². The number of methoxy groups -OCH3 is 1. The Morgan fingerprint density at radius 3 is 2.40 bits per heavy atom. The molecular formula is C6H6O4. The van der Waals surface area contributed by atoms with Crippen LogP contribution in [0.15, 0.2) is 12.2 Å². The highest BCUT2D eigenvalue weighted by atomic mass is 16.5. The average molecular weight is 142 g/mol. The van der Waals surface area contributed by atoms with Gasteiger partial charge in [-0.3, -0.25) is 9.59 Å². The first kappa shape index (κ1) is 8.55. The van der Waals surface area contributed by atoms with Gasteiger partial charge in [0, 0.05) is 0 Å². The van der Waals surface area contributed by atoms with Crippen LogP contribution in [-0.4, -0.2) is 25.1 Å². The molecule has 4 nitrogen and oxygen atoms in total. The molecule has 0 fully saturated rings. The molecule has 0 N–H and O–H groups in total. The number of hydrogen-bond acceptors (Lipinski definition) is 4. The molecule has 0 aromatic rings. The van der Waals surface area contributed by atoms with Crippen LogP contribution in [-0.2, 0) is 19.1 Å². The minimum Gasteiger partial charge on any atom is -0.463 e. The lowest BCUT2D eigenvalue weighted by Crippen LogP contribution is -2.12. The molecular weight excluding hydrogens is 136 g/mol. The average Bonchev–Trinajstić information content (AvgIpc) is 1.98. The largest absolute Gasteiger partial charge is 0.463 e. The van der Waals surface area contributed by atoms with Crippen LogP contribution < -0.4 is 0 Å². The number of ketones is 1. The molecule has 10 heavy (non-hydrogen) atoms. The molecule has 0 rings (SSSR count). The van der Waals surface area contributed by atoms with Crippen molar-refractivity contribution in [2.24, 2.45) is 0 Å². The molecule has 0 saturated carbocycles. The van der Waals surface area contributed by atoms with E-state index in [4.69, 9.17) is 0 Å². The third-order valence-electron chi connectivity index (χ3n) is 0.713. The molecule has 0 aliphatic carbocycles. The number of carbonyl (C=O) groups excluding carboxylic acids is 3. The van der Waals surface area contributed by atoms with Crippen molar-refractivity contribution in [2.75, 3.05) is 7.11 Å². The van der Waals surface area contributed by atoms with E-state index in [0.29, 0.717) is 6.29 Å². The first-order valence-corrected chi connectivity index (χ1v) is 2.46. The van der Waals surface area contributed by atoms with Crippen LogP contribution in [0.5, 0.6) is 0 Å². The Hall–Kier alpha value is -1.45. The first-order chi connectivity index (χ1) is 4.72. The van der Waals surface area contributed by atoms with Gasteiger partial charge in [-0.1, -0.05) is 0 Å². The van der Waals surface area contributed by atoms with Crippen molar-refractivity contribution in [3.05, 3.63) is 12.2 Å². The van der Waals surface area contributed by atoms with Crippen molar-refractivity contribution in [2.45, 2.75) is 0 Å². The van der Waals surface area contributed by atoms with Gasteiger partial charge in [0.05, 0.1) is 7.11 Å². The van der Waals surface area contributed by atoms with Crippen LogP contribution in [0.2, 0.25) is 0 Å². The van der Waals surface area contributed by atoms with Crippen LogP contribution in [0.3, 0.4) is 0 Å². The van der Waals surface area contributed by atoms with E-state index >= 15 is 0 Å². The maximum atomic E-state index is 10.4. The number of esters is 1. The van der Waals surface area contributed by atoms with E-state index in [9.17, 15) is 14.4 Å². The van der Waals surface area contributed by atoms with E-state index in [1.54, 1.807) is 0 Å². The summed E-state index contributed by atoms with van der Waals surface area (Å²) < 4.78 is 4.05. The van der Waals surface area contributed by atoms with Gasteiger partial charge in [-0.15, -0.1) is 0 Å². The van der Waals surface area contributed by atoms with Crippen molar-refractivity contribution >= 4 is 18.0 Å². The first-order valence-electron chi connectivity index (χ1n) is 2.46. The second-order valence-corrected chi connectivity index (χ2v) is 1.35. The van der Waals surface area contributed by atoms with Crippen LogP contribution in [0.25, 0.3) is 0 Å². The quantitative estimate of drug-likeness (QED) is 0.230. The summed E-state index contributed by atoms with van der Waals surface area (Å²) in [5.74, 6) is -1.81. The third-order valence-corrected chi connectivity index (χ3v) is 0.713. The van der Waals surface area contributed by atoms with Gasteiger partial charge in [0.25, 0.3) is 5.78 Å². The number of aldehydes is 1. The summed E-state index contributed by atoms with van der Waals surface area (Å²) in [4.78, 5) is 30.3. The molecule has 0 aliphatic rings. The molecule has 0 atom stereocenters. The Morgan fingerprint density at radius 1 is 1.40 bits per heavy atom. The number of carbonyl (C=O) groups is 3. The minimum absolute atomic E-state index is 0.404. The lowest BCUT2D eigenvalue weighted by Gasteiger charge is -1.88. The Labute approximate surface area is 57.5 Å². The van der Waals surface area contributed by atoms with Gasteiger partial charge in [0.15, 0.2) is 0 Å².